The highest BCUT2D eigenvalue weighted by Crippen LogP contribution is 2.06. The molecular formula is C8H12FN. The van der Waals surface area contributed by atoms with Crippen LogP contribution >= 0.6 is 0 Å². The summed E-state index contributed by atoms with van der Waals surface area (Å²) in [5.41, 5.74) is 0.539. The van der Waals surface area contributed by atoms with Gasteiger partial charge in [-0.25, -0.2) is 4.39 Å². The normalized spacial score (nSPS) is 12.2. The molecule has 10 heavy (non-hydrogen) atoms. The molecule has 0 rings (SSSR count). The number of nitrogens with one attached hydrogen (secondary N) is 1. The zero-order chi connectivity index (χ0) is 7.98. The minimum atomic E-state index is -0.315. The van der Waals surface area contributed by atoms with Gasteiger partial charge in [-0.2, -0.15) is 0 Å². The highest BCUT2D eigenvalue weighted by molar-refractivity contribution is 5.27. The van der Waals surface area contributed by atoms with Crippen molar-refractivity contribution < 1.29 is 4.39 Å². The Balaban J connectivity index is 4.28. The maximum absolute atomic E-state index is 12.6. The Morgan fingerprint density at radius 1 is 1.50 bits per heavy atom. The molecule has 0 bridgehead atoms. The molecule has 1 nitrogen and oxygen atoms in total. The van der Waals surface area contributed by atoms with Crippen LogP contribution < -0.4 is 5.32 Å². The van der Waals surface area contributed by atoms with Gasteiger partial charge in [0.05, 0.1) is 0 Å². The van der Waals surface area contributed by atoms with Crippen molar-refractivity contribution in [3.8, 4) is 0 Å². The van der Waals surface area contributed by atoms with Gasteiger partial charge >= 0.3 is 0 Å². The molecule has 0 aliphatic rings. The summed E-state index contributed by atoms with van der Waals surface area (Å²) in [6, 6.07) is 0. The van der Waals surface area contributed by atoms with Gasteiger partial charge in [0.2, 0.25) is 0 Å². The molecule has 0 aromatic rings. The van der Waals surface area contributed by atoms with Crippen LogP contribution in [0.3, 0.4) is 0 Å². The van der Waals surface area contributed by atoms with E-state index in [1.54, 1.807) is 7.05 Å². The summed E-state index contributed by atoms with van der Waals surface area (Å²) in [6.45, 7) is 7.25. The molecule has 0 fully saturated rings. The fourth-order valence-corrected chi connectivity index (χ4v) is 0.576. The second-order valence-electron chi connectivity index (χ2n) is 1.81. The van der Waals surface area contributed by atoms with E-state index in [2.05, 4.69) is 18.5 Å². The third kappa shape index (κ3) is 2.60. The fraction of sp³-hybridized carbons (Fsp3) is 0.250. The number of hydrogen-bond acceptors (Lipinski definition) is 1. The molecular weight excluding hydrogens is 129 g/mol. The van der Waals surface area contributed by atoms with Crippen molar-refractivity contribution >= 4 is 0 Å². The third-order valence-corrected chi connectivity index (χ3v) is 1.10. The summed E-state index contributed by atoms with van der Waals surface area (Å²) in [6.07, 6.45) is 2.65. The van der Waals surface area contributed by atoms with Crippen molar-refractivity contribution in [1.82, 2.24) is 5.32 Å². The predicted octanol–water partition coefficient (Wildman–Crippen LogP) is 1.80. The molecule has 0 saturated carbocycles. The molecule has 0 radical (unpaired) electrons. The molecule has 1 N–H and O–H groups in total. The van der Waals surface area contributed by atoms with Crippen LogP contribution in [-0.2, 0) is 0 Å². The molecule has 2 heteroatoms. The van der Waals surface area contributed by atoms with Gasteiger partial charge in [0.15, 0.2) is 0 Å². The molecule has 0 aliphatic carbocycles. The number of rotatable bonds is 4. The van der Waals surface area contributed by atoms with Gasteiger partial charge < -0.3 is 5.32 Å². The summed E-state index contributed by atoms with van der Waals surface area (Å²) < 4.78 is 12.6. The number of allylic oxidation sites excluding steroid dienone is 2. The minimum absolute atomic E-state index is 0.315. The quantitative estimate of drug-likeness (QED) is 0.589. The lowest BCUT2D eigenvalue weighted by Gasteiger charge is -1.99. The van der Waals surface area contributed by atoms with E-state index in [-0.39, 0.29) is 5.83 Å². The predicted molar refractivity (Wildman–Crippen MR) is 42.5 cm³/mol. The Labute approximate surface area is 60.9 Å². The molecule has 0 amide bonds. The van der Waals surface area contributed by atoms with Crippen LogP contribution in [0.2, 0.25) is 0 Å². The van der Waals surface area contributed by atoms with Crippen LogP contribution in [-0.4, -0.2) is 13.6 Å². The van der Waals surface area contributed by atoms with Crippen molar-refractivity contribution in [2.45, 2.75) is 0 Å². The third-order valence-electron chi connectivity index (χ3n) is 1.10. The number of halogens is 1. The maximum atomic E-state index is 12.6. The Hall–Kier alpha value is -0.890. The van der Waals surface area contributed by atoms with E-state index in [9.17, 15) is 4.39 Å². The lowest BCUT2D eigenvalue weighted by molar-refractivity contribution is 0.650. The Morgan fingerprint density at radius 3 is 2.40 bits per heavy atom. The molecule has 56 valence electrons. The summed E-state index contributed by atoms with van der Waals surface area (Å²) in [5.74, 6) is -0.315. The van der Waals surface area contributed by atoms with Crippen molar-refractivity contribution in [3.05, 3.63) is 36.7 Å². The van der Waals surface area contributed by atoms with Crippen LogP contribution in [0.5, 0.6) is 0 Å². The van der Waals surface area contributed by atoms with E-state index in [1.165, 1.54) is 12.2 Å². The smallest absolute Gasteiger partial charge is 0.127 e. The van der Waals surface area contributed by atoms with E-state index in [0.29, 0.717) is 12.1 Å². The maximum Gasteiger partial charge on any atom is 0.127 e. The molecule has 0 spiro atoms. The van der Waals surface area contributed by atoms with Gasteiger partial charge in [0.25, 0.3) is 0 Å². The van der Waals surface area contributed by atoms with Crippen molar-refractivity contribution in [2.75, 3.05) is 13.6 Å². The standard InChI is InChI=1S/C8H12FN/c1-4-7(6-10-3)8(9)5-2/h4-5,10H,1-2,6H2,3H3/b8-7-. The Bertz CT molecular complexity index is 159. The average Bonchev–Trinajstić information content (AvgIpc) is 1.99. The van der Waals surface area contributed by atoms with E-state index in [0.717, 1.165) is 0 Å². The Kier molecular flexibility index (Phi) is 4.50. The first-order valence-corrected chi connectivity index (χ1v) is 3.04. The van der Waals surface area contributed by atoms with Crippen LogP contribution in [0.15, 0.2) is 36.7 Å². The van der Waals surface area contributed by atoms with Crippen LogP contribution in [0.25, 0.3) is 0 Å². The first-order valence-electron chi connectivity index (χ1n) is 3.04. The van der Waals surface area contributed by atoms with Gasteiger partial charge in [0, 0.05) is 12.1 Å². The first-order chi connectivity index (χ1) is 4.76. The van der Waals surface area contributed by atoms with Crippen molar-refractivity contribution in [3.63, 3.8) is 0 Å². The van der Waals surface area contributed by atoms with Gasteiger partial charge in [-0.3, -0.25) is 0 Å². The molecule has 0 aliphatic heterocycles. The number of likely N-dealkylation sites (N-methyl/N-ethyl adjacent to an activating group) is 1. The van der Waals surface area contributed by atoms with Gasteiger partial charge in [-0.15, -0.1) is 0 Å². The van der Waals surface area contributed by atoms with Crippen LogP contribution in [0.1, 0.15) is 0 Å². The molecule has 0 heterocycles. The molecule has 0 saturated heterocycles. The fourth-order valence-electron chi connectivity index (χ4n) is 0.576. The van der Waals surface area contributed by atoms with E-state index >= 15 is 0 Å². The van der Waals surface area contributed by atoms with Crippen molar-refractivity contribution in [2.24, 2.45) is 0 Å². The van der Waals surface area contributed by atoms with E-state index < -0.39 is 0 Å². The van der Waals surface area contributed by atoms with E-state index in [1.807, 2.05) is 0 Å². The first kappa shape index (κ1) is 9.11. The lowest BCUT2D eigenvalue weighted by Crippen LogP contribution is -2.09. The summed E-state index contributed by atoms with van der Waals surface area (Å²) in [5, 5.41) is 2.82. The molecule has 0 atom stereocenters. The van der Waals surface area contributed by atoms with Gasteiger partial charge in [-0.05, 0) is 13.1 Å². The zero-order valence-electron chi connectivity index (χ0n) is 6.15. The molecule has 0 aromatic carbocycles. The second-order valence-corrected chi connectivity index (χ2v) is 1.81. The van der Waals surface area contributed by atoms with Crippen molar-refractivity contribution in [1.29, 1.82) is 0 Å². The van der Waals surface area contributed by atoms with E-state index in [4.69, 9.17) is 0 Å². The zero-order valence-corrected chi connectivity index (χ0v) is 6.15. The highest BCUT2D eigenvalue weighted by atomic mass is 19.1. The van der Waals surface area contributed by atoms with Crippen LogP contribution in [0.4, 0.5) is 4.39 Å². The average molecular weight is 141 g/mol. The summed E-state index contributed by atoms with van der Waals surface area (Å²) >= 11 is 0. The lowest BCUT2D eigenvalue weighted by atomic mass is 10.2. The Morgan fingerprint density at radius 2 is 2.10 bits per heavy atom. The summed E-state index contributed by atoms with van der Waals surface area (Å²) in [7, 11) is 1.75. The SMILES string of the molecule is C=C/C(F)=C(\C=C)CNC. The minimum Gasteiger partial charge on any atom is -0.316 e. The monoisotopic (exact) mass is 141 g/mol. The molecule has 0 aromatic heterocycles. The number of hydrogen-bond donors (Lipinski definition) is 1. The van der Waals surface area contributed by atoms with Crippen LogP contribution in [0, 0.1) is 0 Å². The molecule has 0 unspecified atom stereocenters. The largest absolute Gasteiger partial charge is 0.316 e. The topological polar surface area (TPSA) is 12.0 Å². The van der Waals surface area contributed by atoms with Gasteiger partial charge in [0.1, 0.15) is 5.83 Å². The highest BCUT2D eigenvalue weighted by Gasteiger charge is 1.95. The van der Waals surface area contributed by atoms with Gasteiger partial charge in [-0.1, -0.05) is 19.2 Å². The second kappa shape index (κ2) is 4.94. The summed E-state index contributed by atoms with van der Waals surface area (Å²) in [4.78, 5) is 0.